The average molecular weight is 297 g/mol. The van der Waals surface area contributed by atoms with Crippen LogP contribution in [0.15, 0.2) is 41.8 Å². The number of pyridine rings is 1. The smallest absolute Gasteiger partial charge is 0.157 e. The number of halogens is 2. The molecule has 1 aromatic heterocycles. The van der Waals surface area contributed by atoms with Gasteiger partial charge < -0.3 is 9.94 Å². The van der Waals surface area contributed by atoms with Crippen molar-refractivity contribution < 1.29 is 9.94 Å². The summed E-state index contributed by atoms with van der Waals surface area (Å²) in [6.07, 6.45) is 4.63. The molecular weight excluding hydrogens is 287 g/mol. The molecule has 0 spiro atoms. The highest BCUT2D eigenvalue weighted by Crippen LogP contribution is 2.34. The molecule has 0 saturated heterocycles. The Kier molecular flexibility index (Phi) is 4.60. The Balaban J connectivity index is 2.17. The lowest BCUT2D eigenvalue weighted by atomic mass is 10.2. The first-order chi connectivity index (χ1) is 9.20. The topological polar surface area (TPSA) is 54.7 Å². The van der Waals surface area contributed by atoms with Crippen molar-refractivity contribution in [1.29, 1.82) is 0 Å². The summed E-state index contributed by atoms with van der Waals surface area (Å²) in [6, 6.07) is 6.92. The molecular formula is C13H10Cl2N2O2. The van der Waals surface area contributed by atoms with Gasteiger partial charge >= 0.3 is 0 Å². The largest absolute Gasteiger partial charge is 0.486 e. The average Bonchev–Trinajstić information content (AvgIpc) is 2.39. The third kappa shape index (κ3) is 3.59. The van der Waals surface area contributed by atoms with Crippen molar-refractivity contribution >= 4 is 29.4 Å². The minimum Gasteiger partial charge on any atom is -0.486 e. The van der Waals surface area contributed by atoms with E-state index in [0.29, 0.717) is 28.0 Å². The van der Waals surface area contributed by atoms with Gasteiger partial charge in [-0.2, -0.15) is 0 Å². The van der Waals surface area contributed by atoms with Gasteiger partial charge in [-0.1, -0.05) is 34.4 Å². The summed E-state index contributed by atoms with van der Waals surface area (Å²) in [7, 11) is 0. The van der Waals surface area contributed by atoms with Crippen LogP contribution in [0.2, 0.25) is 10.0 Å². The molecule has 0 radical (unpaired) electrons. The highest BCUT2D eigenvalue weighted by Gasteiger charge is 2.09. The second kappa shape index (κ2) is 6.41. The summed E-state index contributed by atoms with van der Waals surface area (Å²) in [5.74, 6) is 0.391. The Morgan fingerprint density at radius 2 is 2.05 bits per heavy atom. The van der Waals surface area contributed by atoms with Gasteiger partial charge in [-0.15, -0.1) is 0 Å². The lowest BCUT2D eigenvalue weighted by Gasteiger charge is -2.10. The second-order valence-electron chi connectivity index (χ2n) is 3.71. The second-order valence-corrected chi connectivity index (χ2v) is 4.52. The number of benzene rings is 1. The Bertz CT molecular complexity index is 565. The predicted molar refractivity (Wildman–Crippen MR) is 74.4 cm³/mol. The van der Waals surface area contributed by atoms with Gasteiger partial charge in [-0.25, -0.2) is 0 Å². The SMILES string of the molecule is O/N=C\c1cc(Cl)c(OCc2cccnc2)c(Cl)c1. The van der Waals surface area contributed by atoms with Crippen LogP contribution in [-0.4, -0.2) is 16.4 Å². The van der Waals surface area contributed by atoms with Crippen molar-refractivity contribution in [2.75, 3.05) is 0 Å². The zero-order valence-corrected chi connectivity index (χ0v) is 11.3. The van der Waals surface area contributed by atoms with E-state index in [2.05, 4.69) is 10.1 Å². The van der Waals surface area contributed by atoms with Gasteiger partial charge in [0.25, 0.3) is 0 Å². The quantitative estimate of drug-likeness (QED) is 0.531. The fourth-order valence-corrected chi connectivity index (χ4v) is 2.11. The van der Waals surface area contributed by atoms with Crippen molar-refractivity contribution in [2.45, 2.75) is 6.61 Å². The third-order valence-corrected chi connectivity index (χ3v) is 2.89. The maximum atomic E-state index is 8.47. The van der Waals surface area contributed by atoms with Gasteiger partial charge in [0.2, 0.25) is 0 Å². The minimum absolute atomic E-state index is 0.320. The van der Waals surface area contributed by atoms with Crippen LogP contribution in [0.4, 0.5) is 0 Å². The van der Waals surface area contributed by atoms with E-state index in [4.69, 9.17) is 33.1 Å². The predicted octanol–water partition coefficient (Wildman–Crippen LogP) is 3.78. The Labute approximate surface area is 120 Å². The molecule has 6 heteroatoms. The number of rotatable bonds is 4. The van der Waals surface area contributed by atoms with Gasteiger partial charge in [0.1, 0.15) is 6.61 Å². The molecule has 0 unspecified atom stereocenters. The Morgan fingerprint density at radius 1 is 1.32 bits per heavy atom. The molecule has 1 aromatic carbocycles. The van der Waals surface area contributed by atoms with Crippen molar-refractivity contribution in [3.05, 3.63) is 57.8 Å². The molecule has 0 atom stereocenters. The fourth-order valence-electron chi connectivity index (χ4n) is 1.50. The molecule has 1 N–H and O–H groups in total. The van der Waals surface area contributed by atoms with Crippen molar-refractivity contribution in [1.82, 2.24) is 4.98 Å². The van der Waals surface area contributed by atoms with Crippen LogP contribution in [0.25, 0.3) is 0 Å². The molecule has 0 aliphatic rings. The van der Waals surface area contributed by atoms with E-state index in [1.807, 2.05) is 12.1 Å². The summed E-state index contributed by atoms with van der Waals surface area (Å²) in [6.45, 7) is 0.320. The fraction of sp³-hybridized carbons (Fsp3) is 0.0769. The first kappa shape index (κ1) is 13.6. The summed E-state index contributed by atoms with van der Waals surface area (Å²) in [5.41, 5.74) is 1.50. The van der Waals surface area contributed by atoms with Crippen molar-refractivity contribution in [3.63, 3.8) is 0 Å². The maximum Gasteiger partial charge on any atom is 0.157 e. The van der Waals surface area contributed by atoms with E-state index in [0.717, 1.165) is 5.56 Å². The maximum absolute atomic E-state index is 8.47. The van der Waals surface area contributed by atoms with Crippen LogP contribution in [0.1, 0.15) is 11.1 Å². The van der Waals surface area contributed by atoms with Crippen LogP contribution in [0, 0.1) is 0 Å². The zero-order valence-electron chi connectivity index (χ0n) is 9.75. The first-order valence-corrected chi connectivity index (χ1v) is 6.14. The van der Waals surface area contributed by atoms with Crippen LogP contribution in [0.3, 0.4) is 0 Å². The molecule has 1 heterocycles. The van der Waals surface area contributed by atoms with Crippen molar-refractivity contribution in [2.24, 2.45) is 5.16 Å². The molecule has 0 fully saturated rings. The van der Waals surface area contributed by atoms with Crippen molar-refractivity contribution in [3.8, 4) is 5.75 Å². The molecule has 0 amide bonds. The van der Waals surface area contributed by atoms with Gasteiger partial charge in [0.05, 0.1) is 16.3 Å². The van der Waals surface area contributed by atoms with Crippen LogP contribution >= 0.6 is 23.2 Å². The number of ether oxygens (including phenoxy) is 1. The lowest BCUT2D eigenvalue weighted by Crippen LogP contribution is -1.97. The number of oxime groups is 1. The molecule has 0 aliphatic heterocycles. The third-order valence-electron chi connectivity index (χ3n) is 2.33. The van der Waals surface area contributed by atoms with Gasteiger partial charge in [-0.3, -0.25) is 4.98 Å². The van der Waals surface area contributed by atoms with E-state index in [-0.39, 0.29) is 0 Å². The van der Waals surface area contributed by atoms with Crippen LogP contribution in [-0.2, 0) is 6.61 Å². The highest BCUT2D eigenvalue weighted by atomic mass is 35.5. The number of nitrogens with zero attached hydrogens (tertiary/aromatic N) is 2. The Morgan fingerprint density at radius 3 is 2.63 bits per heavy atom. The molecule has 19 heavy (non-hydrogen) atoms. The summed E-state index contributed by atoms with van der Waals surface area (Å²) < 4.78 is 5.58. The molecule has 98 valence electrons. The number of hydrogen-bond acceptors (Lipinski definition) is 4. The van der Waals surface area contributed by atoms with E-state index in [1.54, 1.807) is 24.5 Å². The normalized spacial score (nSPS) is 10.8. The summed E-state index contributed by atoms with van der Waals surface area (Å²) >= 11 is 12.1. The molecule has 0 saturated carbocycles. The molecule has 2 aromatic rings. The molecule has 0 bridgehead atoms. The molecule has 0 aliphatic carbocycles. The van der Waals surface area contributed by atoms with E-state index < -0.39 is 0 Å². The molecule has 4 nitrogen and oxygen atoms in total. The standard InChI is InChI=1S/C13H10Cl2N2O2/c14-11-4-10(7-17-18)5-12(15)13(11)19-8-9-2-1-3-16-6-9/h1-7,18H,8H2/b17-7-. The summed E-state index contributed by atoms with van der Waals surface area (Å²) in [5, 5.41) is 12.1. The van der Waals surface area contributed by atoms with E-state index >= 15 is 0 Å². The van der Waals surface area contributed by atoms with Crippen LogP contribution < -0.4 is 4.74 Å². The van der Waals surface area contributed by atoms with Gasteiger partial charge in [-0.05, 0) is 23.8 Å². The number of aromatic nitrogens is 1. The minimum atomic E-state index is 0.320. The van der Waals surface area contributed by atoms with E-state index in [1.165, 1.54) is 6.21 Å². The van der Waals surface area contributed by atoms with Gasteiger partial charge in [0.15, 0.2) is 5.75 Å². The van der Waals surface area contributed by atoms with E-state index in [9.17, 15) is 0 Å². The van der Waals surface area contributed by atoms with Gasteiger partial charge in [0, 0.05) is 18.0 Å². The number of hydrogen-bond donors (Lipinski definition) is 1. The lowest BCUT2D eigenvalue weighted by molar-refractivity contribution is 0.306. The highest BCUT2D eigenvalue weighted by molar-refractivity contribution is 6.37. The zero-order chi connectivity index (χ0) is 13.7. The first-order valence-electron chi connectivity index (χ1n) is 5.39. The monoisotopic (exact) mass is 296 g/mol. The Hall–Kier alpha value is -1.78. The summed E-state index contributed by atoms with van der Waals surface area (Å²) in [4.78, 5) is 3.99. The van der Waals surface area contributed by atoms with Crippen LogP contribution in [0.5, 0.6) is 5.75 Å². The molecule has 2 rings (SSSR count).